The lowest BCUT2D eigenvalue weighted by molar-refractivity contribution is 0.591. The Kier molecular flexibility index (Phi) is 3.29. The summed E-state index contributed by atoms with van der Waals surface area (Å²) in [6.07, 6.45) is 2.65. The third-order valence-electron chi connectivity index (χ3n) is 2.00. The molecule has 1 atom stereocenters. The van der Waals surface area contributed by atoms with Gasteiger partial charge in [-0.25, -0.2) is 0 Å². The third kappa shape index (κ3) is 2.03. The highest BCUT2D eigenvalue weighted by atomic mass is 32.2. The number of nitrogens with two attached hydrogens (primary N) is 1. The summed E-state index contributed by atoms with van der Waals surface area (Å²) < 4.78 is 0. The average Bonchev–Trinajstić information content (AvgIpc) is 2.05. The van der Waals surface area contributed by atoms with Gasteiger partial charge in [-0.05, 0) is 30.3 Å². The molecule has 1 heterocycles. The van der Waals surface area contributed by atoms with Crippen LogP contribution in [0.5, 0.6) is 0 Å². The lowest BCUT2D eigenvalue weighted by Gasteiger charge is -2.22. The smallest absolute Gasteiger partial charge is 0.0137 e. The van der Waals surface area contributed by atoms with Crippen LogP contribution < -0.4 is 5.73 Å². The van der Waals surface area contributed by atoms with Gasteiger partial charge in [0.05, 0.1) is 0 Å². The molecule has 0 bridgehead atoms. The summed E-state index contributed by atoms with van der Waals surface area (Å²) in [6.45, 7) is 4.63. The van der Waals surface area contributed by atoms with E-state index < -0.39 is 0 Å². The number of thioether (sulfide) groups is 1. The van der Waals surface area contributed by atoms with Crippen molar-refractivity contribution in [2.24, 2.45) is 11.7 Å². The molecule has 0 spiro atoms. The molecule has 0 aromatic carbocycles. The number of rotatable bonds is 2. The quantitative estimate of drug-likeness (QED) is 0.617. The highest BCUT2D eigenvalue weighted by molar-refractivity contribution is 7.99. The first-order chi connectivity index (χ1) is 4.84. The van der Waals surface area contributed by atoms with E-state index in [2.05, 4.69) is 6.58 Å². The summed E-state index contributed by atoms with van der Waals surface area (Å²) in [7, 11) is 0. The maximum Gasteiger partial charge on any atom is 0.0137 e. The normalized spacial score (nSPS) is 26.3. The van der Waals surface area contributed by atoms with Crippen LogP contribution in [0, 0.1) is 5.92 Å². The lowest BCUT2D eigenvalue weighted by Crippen LogP contribution is -2.17. The molecule has 58 valence electrons. The zero-order valence-corrected chi connectivity index (χ0v) is 7.12. The molecule has 0 saturated carbocycles. The first-order valence-electron chi connectivity index (χ1n) is 3.80. The zero-order chi connectivity index (χ0) is 7.40. The van der Waals surface area contributed by atoms with E-state index in [0.29, 0.717) is 12.5 Å². The Morgan fingerprint density at radius 3 is 3.00 bits per heavy atom. The second-order valence-electron chi connectivity index (χ2n) is 2.78. The molecule has 2 heteroatoms. The van der Waals surface area contributed by atoms with Crippen LogP contribution in [0.2, 0.25) is 0 Å². The van der Waals surface area contributed by atoms with Gasteiger partial charge >= 0.3 is 0 Å². The summed E-state index contributed by atoms with van der Waals surface area (Å²) in [5, 5.41) is 0. The first kappa shape index (κ1) is 8.15. The molecule has 0 radical (unpaired) electrons. The van der Waals surface area contributed by atoms with Crippen molar-refractivity contribution in [3.63, 3.8) is 0 Å². The van der Waals surface area contributed by atoms with Crippen LogP contribution in [0.25, 0.3) is 0 Å². The third-order valence-corrected chi connectivity index (χ3v) is 3.22. The van der Waals surface area contributed by atoms with E-state index in [0.717, 1.165) is 0 Å². The molecule has 10 heavy (non-hydrogen) atoms. The Bertz CT molecular complexity index is 116. The average molecular weight is 157 g/mol. The van der Waals surface area contributed by atoms with Crippen molar-refractivity contribution in [2.75, 3.05) is 18.1 Å². The van der Waals surface area contributed by atoms with Crippen molar-refractivity contribution in [2.45, 2.75) is 12.8 Å². The lowest BCUT2D eigenvalue weighted by atomic mass is 9.97. The van der Waals surface area contributed by atoms with Gasteiger partial charge in [-0.15, -0.1) is 0 Å². The van der Waals surface area contributed by atoms with Crippen LogP contribution in [0.3, 0.4) is 0 Å². The topological polar surface area (TPSA) is 26.0 Å². The minimum absolute atomic E-state index is 0.672. The molecule has 1 unspecified atom stereocenters. The Labute approximate surface area is 67.1 Å². The molecule has 0 aliphatic carbocycles. The fourth-order valence-electron chi connectivity index (χ4n) is 1.23. The largest absolute Gasteiger partial charge is 0.327 e. The van der Waals surface area contributed by atoms with Gasteiger partial charge in [0, 0.05) is 6.54 Å². The molecular weight excluding hydrogens is 142 g/mol. The van der Waals surface area contributed by atoms with Crippen LogP contribution in [-0.2, 0) is 0 Å². The Balaban J connectivity index is 2.31. The van der Waals surface area contributed by atoms with E-state index in [9.17, 15) is 0 Å². The predicted molar refractivity (Wildman–Crippen MR) is 48.2 cm³/mol. The minimum Gasteiger partial charge on any atom is -0.327 e. The second-order valence-corrected chi connectivity index (χ2v) is 3.93. The van der Waals surface area contributed by atoms with Gasteiger partial charge in [0.2, 0.25) is 0 Å². The predicted octanol–water partition coefficient (Wildman–Crippen LogP) is 1.64. The highest BCUT2D eigenvalue weighted by Gasteiger charge is 2.14. The Morgan fingerprint density at radius 1 is 1.70 bits per heavy atom. The molecule has 1 saturated heterocycles. The van der Waals surface area contributed by atoms with Gasteiger partial charge in [-0.3, -0.25) is 0 Å². The van der Waals surface area contributed by atoms with Gasteiger partial charge in [-0.2, -0.15) is 11.8 Å². The minimum atomic E-state index is 0.672. The van der Waals surface area contributed by atoms with Crippen molar-refractivity contribution in [1.82, 2.24) is 0 Å². The highest BCUT2D eigenvalue weighted by Crippen LogP contribution is 2.26. The van der Waals surface area contributed by atoms with Crippen molar-refractivity contribution < 1.29 is 0 Å². The van der Waals surface area contributed by atoms with E-state index in [-0.39, 0.29) is 0 Å². The van der Waals surface area contributed by atoms with Gasteiger partial charge in [0.15, 0.2) is 0 Å². The Hall–Kier alpha value is 0.0500. The molecule has 1 rings (SSSR count). The maximum absolute atomic E-state index is 5.49. The van der Waals surface area contributed by atoms with Crippen LogP contribution in [-0.4, -0.2) is 18.1 Å². The molecule has 0 aromatic rings. The van der Waals surface area contributed by atoms with E-state index in [1.54, 1.807) is 0 Å². The van der Waals surface area contributed by atoms with Crippen LogP contribution in [0.15, 0.2) is 12.2 Å². The molecule has 1 fully saturated rings. The van der Waals surface area contributed by atoms with Crippen LogP contribution >= 0.6 is 11.8 Å². The van der Waals surface area contributed by atoms with Crippen molar-refractivity contribution >= 4 is 11.8 Å². The summed E-state index contributed by atoms with van der Waals surface area (Å²) in [5.74, 6) is 3.29. The van der Waals surface area contributed by atoms with E-state index in [1.807, 2.05) is 11.8 Å². The first-order valence-corrected chi connectivity index (χ1v) is 4.95. The zero-order valence-electron chi connectivity index (χ0n) is 6.31. The molecule has 1 aliphatic rings. The van der Waals surface area contributed by atoms with E-state index in [1.165, 1.54) is 29.9 Å². The Morgan fingerprint density at radius 2 is 2.50 bits per heavy atom. The monoisotopic (exact) mass is 157 g/mol. The molecule has 1 nitrogen and oxygen atoms in total. The van der Waals surface area contributed by atoms with E-state index in [4.69, 9.17) is 5.73 Å². The molecule has 1 aliphatic heterocycles. The van der Waals surface area contributed by atoms with Crippen LogP contribution in [0.4, 0.5) is 0 Å². The maximum atomic E-state index is 5.49. The summed E-state index contributed by atoms with van der Waals surface area (Å²) in [4.78, 5) is 0. The second kappa shape index (κ2) is 4.04. The van der Waals surface area contributed by atoms with E-state index >= 15 is 0 Å². The molecule has 0 aromatic heterocycles. The van der Waals surface area contributed by atoms with Gasteiger partial charge in [0.1, 0.15) is 0 Å². The number of hydrogen-bond donors (Lipinski definition) is 1. The fraction of sp³-hybridized carbons (Fsp3) is 0.750. The van der Waals surface area contributed by atoms with Crippen molar-refractivity contribution in [1.29, 1.82) is 0 Å². The summed E-state index contributed by atoms with van der Waals surface area (Å²) in [6, 6.07) is 0. The van der Waals surface area contributed by atoms with Crippen molar-refractivity contribution in [3.8, 4) is 0 Å². The van der Waals surface area contributed by atoms with Gasteiger partial charge < -0.3 is 5.73 Å². The summed E-state index contributed by atoms with van der Waals surface area (Å²) in [5.41, 5.74) is 6.74. The van der Waals surface area contributed by atoms with Gasteiger partial charge in [0.25, 0.3) is 0 Å². The molecule has 0 amide bonds. The summed E-state index contributed by atoms with van der Waals surface area (Å²) >= 11 is 2.03. The van der Waals surface area contributed by atoms with Crippen molar-refractivity contribution in [3.05, 3.63) is 12.2 Å². The molecule has 2 N–H and O–H groups in total. The van der Waals surface area contributed by atoms with Crippen LogP contribution in [0.1, 0.15) is 12.8 Å². The molecular formula is C8H15NS. The van der Waals surface area contributed by atoms with Gasteiger partial charge in [-0.1, -0.05) is 12.2 Å². The standard InChI is InChI=1S/C8H15NS/c1-7(5-9)8-3-2-4-10-6-8/h8H,1-6,9H2. The fourth-order valence-corrected chi connectivity index (χ4v) is 2.45. The SMILES string of the molecule is C=C(CN)C1CCCSC1. The number of hydrogen-bond acceptors (Lipinski definition) is 2.